The lowest BCUT2D eigenvalue weighted by molar-refractivity contribution is -0.121. The van der Waals surface area contributed by atoms with E-state index in [1.54, 1.807) is 31.2 Å². The van der Waals surface area contributed by atoms with Crippen molar-refractivity contribution in [3.05, 3.63) is 53.3 Å². The van der Waals surface area contributed by atoms with Gasteiger partial charge in [0.25, 0.3) is 12.3 Å². The van der Waals surface area contributed by atoms with Crippen LogP contribution in [0.1, 0.15) is 23.4 Å². The summed E-state index contributed by atoms with van der Waals surface area (Å²) in [4.78, 5) is 27.1. The Hall–Kier alpha value is -4.16. The number of imide groups is 1. The van der Waals surface area contributed by atoms with Gasteiger partial charge in [0.1, 0.15) is 18.3 Å². The highest BCUT2D eigenvalue weighted by Gasteiger charge is 2.42. The van der Waals surface area contributed by atoms with E-state index in [1.165, 1.54) is 21.7 Å². The number of amides is 3. The summed E-state index contributed by atoms with van der Waals surface area (Å²) in [5.41, 5.74) is 1.78. The van der Waals surface area contributed by atoms with Gasteiger partial charge in [-0.05, 0) is 25.1 Å². The third-order valence-electron chi connectivity index (χ3n) is 5.83. The van der Waals surface area contributed by atoms with Gasteiger partial charge in [0.05, 0.1) is 11.4 Å². The lowest BCUT2D eigenvalue weighted by Crippen LogP contribution is -2.53. The fourth-order valence-corrected chi connectivity index (χ4v) is 3.93. The molecule has 2 saturated heterocycles. The molecule has 2 aliphatic rings. The first-order chi connectivity index (χ1) is 16.4. The molecule has 2 aliphatic heterocycles. The Morgan fingerprint density at radius 2 is 1.88 bits per heavy atom. The normalized spacial score (nSPS) is 17.8. The van der Waals surface area contributed by atoms with Crippen LogP contribution < -0.4 is 15.0 Å². The molecule has 0 unspecified atom stereocenters. The zero-order valence-electron chi connectivity index (χ0n) is 18.1. The van der Waals surface area contributed by atoms with Crippen molar-refractivity contribution in [1.29, 1.82) is 0 Å². The molecule has 11 nitrogen and oxygen atoms in total. The molecular weight excluding hydrogens is 450 g/mol. The van der Waals surface area contributed by atoms with E-state index in [4.69, 9.17) is 4.74 Å². The van der Waals surface area contributed by atoms with Crippen molar-refractivity contribution in [2.24, 2.45) is 0 Å². The average molecular weight is 470 g/mol. The van der Waals surface area contributed by atoms with Crippen LogP contribution in [0.2, 0.25) is 0 Å². The summed E-state index contributed by atoms with van der Waals surface area (Å²) in [6, 6.07) is 8.28. The van der Waals surface area contributed by atoms with Gasteiger partial charge < -0.3 is 14.5 Å². The van der Waals surface area contributed by atoms with Crippen molar-refractivity contribution >= 4 is 17.8 Å². The molecule has 5 rings (SSSR count). The quantitative estimate of drug-likeness (QED) is 0.540. The molecule has 0 spiro atoms. The molecular formula is C21H20F2N8O3. The first-order valence-electron chi connectivity index (χ1n) is 10.5. The Balaban J connectivity index is 1.25. The molecule has 0 saturated carbocycles. The summed E-state index contributed by atoms with van der Waals surface area (Å²) >= 11 is 0. The molecule has 4 heterocycles. The summed E-state index contributed by atoms with van der Waals surface area (Å²) in [6.45, 7) is 3.14. The molecule has 1 aromatic carbocycles. The fraction of sp³-hybridized carbons (Fsp3) is 0.333. The summed E-state index contributed by atoms with van der Waals surface area (Å²) in [7, 11) is 0. The van der Waals surface area contributed by atoms with Gasteiger partial charge in [0.2, 0.25) is 5.88 Å². The number of piperazine rings is 1. The summed E-state index contributed by atoms with van der Waals surface area (Å²) in [5.74, 6) is 0.532. The van der Waals surface area contributed by atoms with Crippen LogP contribution in [0, 0.1) is 6.92 Å². The van der Waals surface area contributed by atoms with E-state index in [1.807, 2.05) is 4.90 Å². The number of carbonyl (C=O) groups excluding carboxylic acids is 2. The molecule has 1 atom stereocenters. The van der Waals surface area contributed by atoms with Crippen LogP contribution in [-0.2, 0) is 11.4 Å². The Labute approximate surface area is 192 Å². The van der Waals surface area contributed by atoms with Gasteiger partial charge in [-0.15, -0.1) is 15.3 Å². The van der Waals surface area contributed by atoms with Crippen molar-refractivity contribution in [3.63, 3.8) is 0 Å². The lowest BCUT2D eigenvalue weighted by Gasteiger charge is -2.35. The number of aromatic nitrogens is 5. The van der Waals surface area contributed by atoms with Gasteiger partial charge in [-0.1, -0.05) is 17.3 Å². The standard InChI is InChI=1S/C21H20F2N8O3/c1-12-16(31(28-25-12)14-4-2-13(3-5-14)19(22)23)11-34-18-7-6-17(26-27-18)29-8-9-30-15(10-29)20(32)24-21(30)33/h2-7,15,19H,8-11H2,1H3,(H,24,32,33)/t15-/m0/s1. The first kappa shape index (κ1) is 21.7. The Bertz CT molecular complexity index is 1220. The van der Waals surface area contributed by atoms with E-state index >= 15 is 0 Å². The van der Waals surface area contributed by atoms with Crippen LogP contribution in [0.25, 0.3) is 5.69 Å². The number of aryl methyl sites for hydroxylation is 1. The molecule has 0 bridgehead atoms. The number of nitrogens with one attached hydrogen (secondary N) is 1. The van der Waals surface area contributed by atoms with Crippen LogP contribution in [0.3, 0.4) is 0 Å². The van der Waals surface area contributed by atoms with Gasteiger partial charge in [0.15, 0.2) is 5.82 Å². The topological polar surface area (TPSA) is 118 Å². The number of hydrogen-bond acceptors (Lipinski definition) is 8. The number of carbonyl (C=O) groups is 2. The van der Waals surface area contributed by atoms with E-state index in [9.17, 15) is 18.4 Å². The zero-order chi connectivity index (χ0) is 23.8. The second-order valence-electron chi connectivity index (χ2n) is 7.89. The monoisotopic (exact) mass is 470 g/mol. The van der Waals surface area contributed by atoms with Gasteiger partial charge in [-0.25, -0.2) is 18.3 Å². The van der Waals surface area contributed by atoms with Crippen molar-refractivity contribution in [3.8, 4) is 11.6 Å². The summed E-state index contributed by atoms with van der Waals surface area (Å²) in [5, 5.41) is 18.8. The fourth-order valence-electron chi connectivity index (χ4n) is 3.93. The van der Waals surface area contributed by atoms with Crippen LogP contribution >= 0.6 is 0 Å². The molecule has 13 heteroatoms. The second-order valence-corrected chi connectivity index (χ2v) is 7.89. The van der Waals surface area contributed by atoms with E-state index in [0.717, 1.165) is 0 Å². The average Bonchev–Trinajstić information content (AvgIpc) is 3.36. The van der Waals surface area contributed by atoms with Gasteiger partial charge in [-0.2, -0.15) is 0 Å². The van der Waals surface area contributed by atoms with Crippen molar-refractivity contribution in [2.45, 2.75) is 26.0 Å². The minimum absolute atomic E-state index is 0.0738. The highest BCUT2D eigenvalue weighted by molar-refractivity contribution is 6.04. The van der Waals surface area contributed by atoms with Crippen LogP contribution in [0.15, 0.2) is 36.4 Å². The largest absolute Gasteiger partial charge is 0.470 e. The predicted octanol–water partition coefficient (Wildman–Crippen LogP) is 1.62. The Morgan fingerprint density at radius 3 is 2.59 bits per heavy atom. The Morgan fingerprint density at radius 1 is 1.09 bits per heavy atom. The minimum Gasteiger partial charge on any atom is -0.470 e. The third kappa shape index (κ3) is 4.00. The predicted molar refractivity (Wildman–Crippen MR) is 114 cm³/mol. The van der Waals surface area contributed by atoms with Crippen LogP contribution in [0.4, 0.5) is 19.4 Å². The zero-order valence-corrected chi connectivity index (χ0v) is 18.1. The SMILES string of the molecule is Cc1nnn(-c2ccc(C(F)F)cc2)c1COc1ccc(N2CCN3C(=O)NC(=O)[C@@H]3C2)nn1. The maximum atomic E-state index is 12.8. The number of benzene rings is 1. The molecule has 2 fully saturated rings. The number of anilines is 1. The number of nitrogens with zero attached hydrogens (tertiary/aromatic N) is 7. The number of urea groups is 1. The lowest BCUT2D eigenvalue weighted by atomic mass is 10.2. The molecule has 3 aromatic rings. The molecule has 0 radical (unpaired) electrons. The highest BCUT2D eigenvalue weighted by atomic mass is 19.3. The number of ether oxygens (including phenoxy) is 1. The van der Waals surface area contributed by atoms with Crippen molar-refractivity contribution in [2.75, 3.05) is 24.5 Å². The summed E-state index contributed by atoms with van der Waals surface area (Å²) < 4.78 is 32.9. The van der Waals surface area contributed by atoms with Crippen LogP contribution in [-0.4, -0.2) is 67.7 Å². The van der Waals surface area contributed by atoms with E-state index in [2.05, 4.69) is 25.8 Å². The minimum atomic E-state index is -2.54. The summed E-state index contributed by atoms with van der Waals surface area (Å²) in [6.07, 6.45) is -2.54. The number of alkyl halides is 2. The molecule has 1 N–H and O–H groups in total. The second kappa shape index (κ2) is 8.65. The molecule has 176 valence electrons. The highest BCUT2D eigenvalue weighted by Crippen LogP contribution is 2.23. The van der Waals surface area contributed by atoms with Crippen LogP contribution in [0.5, 0.6) is 5.88 Å². The van der Waals surface area contributed by atoms with Gasteiger partial charge in [-0.3, -0.25) is 10.1 Å². The smallest absolute Gasteiger partial charge is 0.324 e. The molecule has 0 aliphatic carbocycles. The maximum Gasteiger partial charge on any atom is 0.324 e. The molecule has 34 heavy (non-hydrogen) atoms. The number of halogens is 2. The van der Waals surface area contributed by atoms with Crippen molar-refractivity contribution in [1.82, 2.24) is 35.4 Å². The van der Waals surface area contributed by atoms with E-state index < -0.39 is 12.5 Å². The third-order valence-corrected chi connectivity index (χ3v) is 5.83. The van der Waals surface area contributed by atoms with E-state index in [-0.39, 0.29) is 30.0 Å². The Kier molecular flexibility index (Phi) is 5.51. The number of hydrogen-bond donors (Lipinski definition) is 1. The first-order valence-corrected chi connectivity index (χ1v) is 10.5. The molecule has 2 aromatic heterocycles. The van der Waals surface area contributed by atoms with Crippen molar-refractivity contribution < 1.29 is 23.1 Å². The maximum absolute atomic E-state index is 12.8. The number of fused-ring (bicyclic) bond motifs is 1. The van der Waals surface area contributed by atoms with E-state index in [0.29, 0.717) is 42.5 Å². The molecule has 3 amide bonds. The van der Waals surface area contributed by atoms with Gasteiger partial charge >= 0.3 is 6.03 Å². The number of rotatable bonds is 6. The van der Waals surface area contributed by atoms with Gasteiger partial charge in [0, 0.05) is 31.3 Å².